The zero-order chi connectivity index (χ0) is 12.9. The minimum Gasteiger partial charge on any atom is -0.493 e. The van der Waals surface area contributed by atoms with Crippen molar-refractivity contribution in [2.24, 2.45) is 5.73 Å². The highest BCUT2D eigenvalue weighted by Gasteiger charge is 2.21. The van der Waals surface area contributed by atoms with Gasteiger partial charge in [-0.1, -0.05) is 6.07 Å². The maximum Gasteiger partial charge on any atom is 0.203 e. The average molecular weight is 241 g/mol. The lowest BCUT2D eigenvalue weighted by Crippen LogP contribution is -2.40. The molecule has 0 amide bonds. The first-order valence-corrected chi connectivity index (χ1v) is 5.30. The molecule has 0 aromatic heterocycles. The quantitative estimate of drug-likeness (QED) is 0.770. The van der Waals surface area contributed by atoms with Crippen LogP contribution in [0.5, 0.6) is 17.2 Å². The molecule has 1 atom stereocenters. The van der Waals surface area contributed by atoms with Crippen LogP contribution < -0.4 is 19.9 Å². The first-order valence-electron chi connectivity index (χ1n) is 5.30. The van der Waals surface area contributed by atoms with E-state index in [0.29, 0.717) is 17.2 Å². The minimum atomic E-state index is -1.08. The van der Waals surface area contributed by atoms with Crippen LogP contribution >= 0.6 is 0 Å². The predicted molar refractivity (Wildman–Crippen MR) is 64.7 cm³/mol. The highest BCUT2D eigenvalue weighted by atomic mass is 16.5. The highest BCUT2D eigenvalue weighted by Crippen LogP contribution is 2.37. The van der Waals surface area contributed by atoms with Crippen LogP contribution in [-0.2, 0) is 0 Å². The van der Waals surface area contributed by atoms with Crippen molar-refractivity contribution in [1.29, 1.82) is 0 Å². The summed E-state index contributed by atoms with van der Waals surface area (Å²) >= 11 is 0. The fourth-order valence-electron chi connectivity index (χ4n) is 1.25. The lowest BCUT2D eigenvalue weighted by atomic mass is 10.1. The molecular formula is C12H19NO4. The molecule has 0 aliphatic heterocycles. The molecule has 0 heterocycles. The molecule has 3 N–H and O–H groups in total. The summed E-state index contributed by atoms with van der Waals surface area (Å²) in [5.74, 6) is 1.57. The van der Waals surface area contributed by atoms with Gasteiger partial charge in [0.15, 0.2) is 11.5 Å². The molecular weight excluding hydrogens is 222 g/mol. The van der Waals surface area contributed by atoms with Gasteiger partial charge >= 0.3 is 0 Å². The largest absolute Gasteiger partial charge is 0.493 e. The van der Waals surface area contributed by atoms with E-state index in [2.05, 4.69) is 0 Å². The van der Waals surface area contributed by atoms with E-state index < -0.39 is 5.60 Å². The number of ether oxygens (including phenoxy) is 3. The molecule has 0 aliphatic rings. The Morgan fingerprint density at radius 2 is 1.76 bits per heavy atom. The van der Waals surface area contributed by atoms with Crippen LogP contribution in [0.15, 0.2) is 18.2 Å². The monoisotopic (exact) mass is 241 g/mol. The van der Waals surface area contributed by atoms with E-state index in [1.807, 2.05) is 0 Å². The number of aliphatic hydroxyl groups is 1. The van der Waals surface area contributed by atoms with Crippen LogP contribution in [-0.4, -0.2) is 38.1 Å². The maximum absolute atomic E-state index is 9.78. The number of para-hydroxylation sites is 1. The summed E-state index contributed by atoms with van der Waals surface area (Å²) in [7, 11) is 3.09. The van der Waals surface area contributed by atoms with Gasteiger partial charge in [0.25, 0.3) is 0 Å². The predicted octanol–water partition coefficient (Wildman–Crippen LogP) is 0.792. The zero-order valence-electron chi connectivity index (χ0n) is 10.4. The van der Waals surface area contributed by atoms with Crippen LogP contribution in [0.3, 0.4) is 0 Å². The number of hydrogen-bond donors (Lipinski definition) is 2. The summed E-state index contributed by atoms with van der Waals surface area (Å²) in [5, 5.41) is 9.78. The van der Waals surface area contributed by atoms with Gasteiger partial charge in [0.1, 0.15) is 12.2 Å². The molecule has 96 valence electrons. The fraction of sp³-hybridized carbons (Fsp3) is 0.500. The van der Waals surface area contributed by atoms with Crippen LogP contribution in [0, 0.1) is 0 Å². The normalized spacial score (nSPS) is 13.9. The van der Waals surface area contributed by atoms with E-state index in [1.165, 1.54) is 0 Å². The summed E-state index contributed by atoms with van der Waals surface area (Å²) in [5.41, 5.74) is 4.34. The van der Waals surface area contributed by atoms with Crippen LogP contribution in [0.25, 0.3) is 0 Å². The molecule has 0 radical (unpaired) electrons. The molecule has 5 heteroatoms. The van der Waals surface area contributed by atoms with Crippen molar-refractivity contribution in [2.75, 3.05) is 27.4 Å². The van der Waals surface area contributed by atoms with Crippen molar-refractivity contribution in [2.45, 2.75) is 12.5 Å². The fourth-order valence-corrected chi connectivity index (χ4v) is 1.25. The second-order valence-electron chi connectivity index (χ2n) is 3.98. The molecule has 0 aliphatic carbocycles. The molecule has 1 aromatic carbocycles. The summed E-state index contributed by atoms with van der Waals surface area (Å²) < 4.78 is 15.9. The second kappa shape index (κ2) is 5.75. The Morgan fingerprint density at radius 3 is 2.18 bits per heavy atom. The summed E-state index contributed by atoms with van der Waals surface area (Å²) in [6, 6.07) is 5.32. The molecule has 0 bridgehead atoms. The van der Waals surface area contributed by atoms with Crippen molar-refractivity contribution in [3.05, 3.63) is 18.2 Å². The molecule has 5 nitrogen and oxygen atoms in total. The number of benzene rings is 1. The van der Waals surface area contributed by atoms with Gasteiger partial charge in [-0.15, -0.1) is 0 Å². The number of nitrogens with two attached hydrogens (primary N) is 1. The Balaban J connectivity index is 2.88. The van der Waals surface area contributed by atoms with Crippen molar-refractivity contribution in [3.63, 3.8) is 0 Å². The molecule has 17 heavy (non-hydrogen) atoms. The molecule has 0 spiro atoms. The average Bonchev–Trinajstić information content (AvgIpc) is 2.35. The van der Waals surface area contributed by atoms with Crippen LogP contribution in [0.2, 0.25) is 0 Å². The van der Waals surface area contributed by atoms with E-state index >= 15 is 0 Å². The van der Waals surface area contributed by atoms with E-state index in [1.54, 1.807) is 39.3 Å². The lowest BCUT2D eigenvalue weighted by molar-refractivity contribution is 0.0179. The van der Waals surface area contributed by atoms with E-state index in [-0.39, 0.29) is 13.2 Å². The van der Waals surface area contributed by atoms with Crippen LogP contribution in [0.4, 0.5) is 0 Å². The van der Waals surface area contributed by atoms with E-state index in [0.717, 1.165) is 0 Å². The van der Waals surface area contributed by atoms with Gasteiger partial charge in [-0.3, -0.25) is 0 Å². The number of methoxy groups -OCH3 is 2. The molecule has 0 fully saturated rings. The van der Waals surface area contributed by atoms with Gasteiger partial charge in [-0.05, 0) is 19.1 Å². The third-order valence-electron chi connectivity index (χ3n) is 2.35. The van der Waals surface area contributed by atoms with Gasteiger partial charge in [0, 0.05) is 6.54 Å². The standard InChI is InChI=1S/C12H19NO4/c1-12(14,7-13)8-17-11-9(15-2)5-4-6-10(11)16-3/h4-6,14H,7-8,13H2,1-3H3. The smallest absolute Gasteiger partial charge is 0.203 e. The maximum atomic E-state index is 9.78. The van der Waals surface area contributed by atoms with Crippen molar-refractivity contribution in [1.82, 2.24) is 0 Å². The Bertz CT molecular complexity index is 343. The third kappa shape index (κ3) is 3.51. The van der Waals surface area contributed by atoms with Crippen molar-refractivity contribution < 1.29 is 19.3 Å². The van der Waals surface area contributed by atoms with E-state index in [9.17, 15) is 5.11 Å². The molecule has 1 unspecified atom stereocenters. The lowest BCUT2D eigenvalue weighted by Gasteiger charge is -2.22. The summed E-state index contributed by atoms with van der Waals surface area (Å²) in [6.45, 7) is 1.79. The Morgan fingerprint density at radius 1 is 1.24 bits per heavy atom. The van der Waals surface area contributed by atoms with Crippen molar-refractivity contribution in [3.8, 4) is 17.2 Å². The Kier molecular flexibility index (Phi) is 4.60. The first kappa shape index (κ1) is 13.6. The third-order valence-corrected chi connectivity index (χ3v) is 2.35. The van der Waals surface area contributed by atoms with E-state index in [4.69, 9.17) is 19.9 Å². The molecule has 0 saturated heterocycles. The van der Waals surface area contributed by atoms with Gasteiger partial charge in [0.05, 0.1) is 14.2 Å². The SMILES string of the molecule is COc1cccc(OC)c1OCC(C)(O)CN. The molecule has 1 aromatic rings. The summed E-state index contributed by atoms with van der Waals surface area (Å²) in [4.78, 5) is 0. The van der Waals surface area contributed by atoms with Crippen LogP contribution in [0.1, 0.15) is 6.92 Å². The molecule has 1 rings (SSSR count). The highest BCUT2D eigenvalue weighted by molar-refractivity contribution is 5.51. The number of hydrogen-bond acceptors (Lipinski definition) is 5. The Labute approximate surface area is 101 Å². The molecule has 0 saturated carbocycles. The van der Waals surface area contributed by atoms with Gasteiger partial charge in [-0.25, -0.2) is 0 Å². The first-order chi connectivity index (χ1) is 8.04. The van der Waals surface area contributed by atoms with Gasteiger partial charge in [0.2, 0.25) is 5.75 Å². The zero-order valence-corrected chi connectivity index (χ0v) is 10.4. The van der Waals surface area contributed by atoms with Gasteiger partial charge < -0.3 is 25.1 Å². The van der Waals surface area contributed by atoms with Gasteiger partial charge in [-0.2, -0.15) is 0 Å². The Hall–Kier alpha value is -1.46. The minimum absolute atomic E-state index is 0.0697. The second-order valence-corrected chi connectivity index (χ2v) is 3.98. The summed E-state index contributed by atoms with van der Waals surface area (Å²) in [6.07, 6.45) is 0. The number of rotatable bonds is 6. The van der Waals surface area contributed by atoms with Crippen molar-refractivity contribution >= 4 is 0 Å². The topological polar surface area (TPSA) is 73.9 Å².